The Morgan fingerprint density at radius 2 is 1.30 bits per heavy atom. The molecule has 0 heterocycles. The molecular weight excluding hydrogens is 143 g/mol. The Morgan fingerprint density at radius 1 is 0.900 bits per heavy atom. The molecule has 0 bridgehead atoms. The lowest BCUT2D eigenvalue weighted by molar-refractivity contribution is 0.824. The Bertz CT molecular complexity index is 42.5. The van der Waals surface area contributed by atoms with Crippen LogP contribution in [0.15, 0.2) is 0 Å². The molecule has 0 atom stereocenters. The molecule has 0 aliphatic heterocycles. The number of unbranched alkanes of at least 4 members (excludes halogenated alkanes) is 2. The van der Waals surface area contributed by atoms with Gasteiger partial charge in [0.15, 0.2) is 0 Å². The molecule has 64 valence electrons. The minimum absolute atomic E-state index is 0. The van der Waals surface area contributed by atoms with Gasteiger partial charge in [-0.1, -0.05) is 26.7 Å². The monoisotopic (exact) mass is 164 g/mol. The zero-order valence-corrected chi connectivity index (χ0v) is 8.24. The normalized spacial score (nSPS) is 9.00. The van der Waals surface area contributed by atoms with Gasteiger partial charge in [0.2, 0.25) is 0 Å². The van der Waals surface area contributed by atoms with Crippen molar-refractivity contribution >= 4 is 8.58 Å². The number of rotatable bonds is 6. The minimum Gasteiger partial charge on any atom is -0.412 e. The van der Waals surface area contributed by atoms with E-state index in [1.54, 1.807) is 0 Å². The lowest BCUT2D eigenvalue weighted by atomic mass is 10.4. The zero-order chi connectivity index (χ0) is 6.95. The summed E-state index contributed by atoms with van der Waals surface area (Å²) in [4.78, 5) is 0. The molecule has 0 aromatic carbocycles. The van der Waals surface area contributed by atoms with E-state index in [1.165, 1.54) is 46.6 Å². The topological polar surface area (TPSA) is 31.5 Å². The van der Waals surface area contributed by atoms with Crippen LogP contribution in [0.5, 0.6) is 0 Å². The molecule has 2 heteroatoms. The van der Waals surface area contributed by atoms with Gasteiger partial charge in [0, 0.05) is 0 Å². The van der Waals surface area contributed by atoms with Gasteiger partial charge < -0.3 is 5.48 Å². The van der Waals surface area contributed by atoms with E-state index in [4.69, 9.17) is 0 Å². The highest BCUT2D eigenvalue weighted by atomic mass is 31.1. The van der Waals surface area contributed by atoms with Crippen LogP contribution in [0.1, 0.15) is 39.5 Å². The molecule has 0 saturated carbocycles. The highest BCUT2D eigenvalue weighted by Gasteiger charge is 1.85. The van der Waals surface area contributed by atoms with Crippen molar-refractivity contribution < 1.29 is 5.48 Å². The average Bonchev–Trinajstić information content (AvgIpc) is 1.89. The molecule has 0 amide bonds. The molecule has 0 unspecified atom stereocenters. The van der Waals surface area contributed by atoms with Crippen LogP contribution in [0.3, 0.4) is 0 Å². The van der Waals surface area contributed by atoms with Crippen molar-refractivity contribution in [2.45, 2.75) is 39.5 Å². The molecule has 0 aromatic heterocycles. The van der Waals surface area contributed by atoms with Crippen LogP contribution >= 0.6 is 8.58 Å². The molecule has 2 N–H and O–H groups in total. The molecule has 0 aliphatic carbocycles. The summed E-state index contributed by atoms with van der Waals surface area (Å²) in [6.45, 7) is 4.54. The van der Waals surface area contributed by atoms with Gasteiger partial charge >= 0.3 is 0 Å². The third-order valence-electron chi connectivity index (χ3n) is 1.41. The molecule has 1 nitrogen and oxygen atoms in total. The molecule has 10 heavy (non-hydrogen) atoms. The van der Waals surface area contributed by atoms with E-state index < -0.39 is 0 Å². The van der Waals surface area contributed by atoms with Crippen molar-refractivity contribution in [2.24, 2.45) is 0 Å². The third kappa shape index (κ3) is 11.2. The van der Waals surface area contributed by atoms with E-state index >= 15 is 0 Å². The van der Waals surface area contributed by atoms with E-state index in [0.29, 0.717) is 0 Å². The van der Waals surface area contributed by atoms with Gasteiger partial charge in [0.25, 0.3) is 0 Å². The van der Waals surface area contributed by atoms with Crippen LogP contribution in [-0.2, 0) is 0 Å². The molecule has 0 fully saturated rings. The van der Waals surface area contributed by atoms with Crippen LogP contribution in [0.4, 0.5) is 0 Å². The van der Waals surface area contributed by atoms with Gasteiger partial charge in [-0.25, -0.2) is 0 Å². The first-order valence-electron chi connectivity index (χ1n) is 4.12. The van der Waals surface area contributed by atoms with Crippen LogP contribution in [-0.4, -0.2) is 17.8 Å². The third-order valence-corrected chi connectivity index (χ3v) is 2.83. The minimum atomic E-state index is 0. The van der Waals surface area contributed by atoms with Crippen molar-refractivity contribution in [3.63, 3.8) is 0 Å². The van der Waals surface area contributed by atoms with Gasteiger partial charge in [-0.3, -0.25) is 0 Å². The molecule has 0 spiro atoms. The quantitative estimate of drug-likeness (QED) is 0.426. The van der Waals surface area contributed by atoms with Crippen molar-refractivity contribution in [3.05, 3.63) is 0 Å². The standard InChI is InChI=1S/C8H19P.H2O/c1-3-5-7-9-8-6-4-2;/h9H,3-8H2,1-2H3;1H2. The second-order valence-electron chi connectivity index (χ2n) is 2.46. The Hall–Kier alpha value is 0.390. The smallest absolute Gasteiger partial charge is 0.0354 e. The molecule has 0 aromatic rings. The summed E-state index contributed by atoms with van der Waals surface area (Å²) in [5.74, 6) is 0. The summed E-state index contributed by atoms with van der Waals surface area (Å²) in [6.07, 6.45) is 8.61. The highest BCUT2D eigenvalue weighted by Crippen LogP contribution is 2.14. The van der Waals surface area contributed by atoms with Gasteiger partial charge in [0.05, 0.1) is 0 Å². The first-order chi connectivity index (χ1) is 4.41. The SMILES string of the molecule is CCCCPCCCC.O. The molecule has 0 radical (unpaired) electrons. The average molecular weight is 164 g/mol. The maximum atomic E-state index is 2.27. The first-order valence-corrected chi connectivity index (χ1v) is 5.54. The fourth-order valence-electron chi connectivity index (χ4n) is 0.729. The molecule has 0 rings (SSSR count). The lowest BCUT2D eigenvalue weighted by Crippen LogP contribution is -1.78. The predicted molar refractivity (Wildman–Crippen MR) is 51.5 cm³/mol. The summed E-state index contributed by atoms with van der Waals surface area (Å²) in [5, 5.41) is 0. The molecule has 0 aliphatic rings. The largest absolute Gasteiger partial charge is 0.412 e. The van der Waals surface area contributed by atoms with Crippen LogP contribution in [0.25, 0.3) is 0 Å². The zero-order valence-electron chi connectivity index (χ0n) is 7.24. The number of hydrogen-bond donors (Lipinski definition) is 0. The Balaban J connectivity index is 0. The van der Waals surface area contributed by atoms with Gasteiger partial charge in [0.1, 0.15) is 0 Å². The van der Waals surface area contributed by atoms with Crippen LogP contribution < -0.4 is 0 Å². The summed E-state index contributed by atoms with van der Waals surface area (Å²) >= 11 is 0. The predicted octanol–water partition coefficient (Wildman–Crippen LogP) is 2.44. The van der Waals surface area contributed by atoms with E-state index in [-0.39, 0.29) is 5.48 Å². The van der Waals surface area contributed by atoms with E-state index in [0.717, 1.165) is 0 Å². The second-order valence-corrected chi connectivity index (χ2v) is 3.96. The highest BCUT2D eigenvalue weighted by molar-refractivity contribution is 7.37. The van der Waals surface area contributed by atoms with Crippen LogP contribution in [0, 0.1) is 0 Å². The Morgan fingerprint density at radius 3 is 1.60 bits per heavy atom. The second kappa shape index (κ2) is 12.1. The number of hydrogen-bond acceptors (Lipinski definition) is 0. The Labute approximate surface area is 66.7 Å². The summed E-state index contributed by atoms with van der Waals surface area (Å²) < 4.78 is 0. The van der Waals surface area contributed by atoms with Gasteiger partial charge in [-0.2, -0.15) is 0 Å². The van der Waals surface area contributed by atoms with Crippen molar-refractivity contribution in [2.75, 3.05) is 12.3 Å². The van der Waals surface area contributed by atoms with E-state index in [9.17, 15) is 0 Å². The first kappa shape index (κ1) is 13.0. The van der Waals surface area contributed by atoms with Crippen molar-refractivity contribution in [1.29, 1.82) is 0 Å². The van der Waals surface area contributed by atoms with Crippen molar-refractivity contribution in [3.8, 4) is 0 Å². The van der Waals surface area contributed by atoms with Crippen molar-refractivity contribution in [1.82, 2.24) is 0 Å². The lowest BCUT2D eigenvalue weighted by Gasteiger charge is -1.96. The molecule has 0 saturated heterocycles. The fourth-order valence-corrected chi connectivity index (χ4v) is 2.19. The summed E-state index contributed by atoms with van der Waals surface area (Å²) in [6, 6.07) is 0. The maximum absolute atomic E-state index is 2.27. The summed E-state index contributed by atoms with van der Waals surface area (Å²) in [7, 11) is 1.25. The van der Waals surface area contributed by atoms with E-state index in [2.05, 4.69) is 13.8 Å². The summed E-state index contributed by atoms with van der Waals surface area (Å²) in [5.41, 5.74) is 0. The fraction of sp³-hybridized carbons (Fsp3) is 1.00. The maximum Gasteiger partial charge on any atom is -0.0354 e. The van der Waals surface area contributed by atoms with E-state index in [1.807, 2.05) is 0 Å². The molecular formula is C8H21OP. The van der Waals surface area contributed by atoms with Gasteiger partial charge in [-0.05, 0) is 25.2 Å². The Kier molecular flexibility index (Phi) is 15.8. The van der Waals surface area contributed by atoms with Gasteiger partial charge in [-0.15, -0.1) is 8.58 Å². The van der Waals surface area contributed by atoms with Crippen LogP contribution in [0.2, 0.25) is 0 Å².